The molecule has 0 radical (unpaired) electrons. The summed E-state index contributed by atoms with van der Waals surface area (Å²) in [6.07, 6.45) is 2.37. The highest BCUT2D eigenvalue weighted by Gasteiger charge is 2.03. The zero-order valence-corrected chi connectivity index (χ0v) is 11.5. The Balaban J connectivity index is 2.29. The quantitative estimate of drug-likeness (QED) is 0.783. The van der Waals surface area contributed by atoms with Gasteiger partial charge in [-0.05, 0) is 43.0 Å². The summed E-state index contributed by atoms with van der Waals surface area (Å²) in [6, 6.07) is 8.96. The molecule has 17 heavy (non-hydrogen) atoms. The molecule has 96 valence electrons. The second-order valence-corrected chi connectivity index (χ2v) is 5.05. The van der Waals surface area contributed by atoms with Gasteiger partial charge in [-0.2, -0.15) is 0 Å². The number of methoxy groups -OCH3 is 1. The van der Waals surface area contributed by atoms with E-state index in [0.717, 1.165) is 24.6 Å². The van der Waals surface area contributed by atoms with Crippen molar-refractivity contribution < 1.29 is 4.74 Å². The number of hydrogen-bond donors (Lipinski definition) is 1. The molecule has 0 aromatic heterocycles. The Morgan fingerprint density at radius 1 is 1.12 bits per heavy atom. The normalized spacial score (nSPS) is 12.8. The minimum atomic E-state index is 0.582. The van der Waals surface area contributed by atoms with Gasteiger partial charge in [-0.15, -0.1) is 0 Å². The predicted molar refractivity (Wildman–Crippen MR) is 73.6 cm³/mol. The van der Waals surface area contributed by atoms with Crippen molar-refractivity contribution in [2.75, 3.05) is 13.7 Å². The van der Waals surface area contributed by atoms with Crippen molar-refractivity contribution in [3.63, 3.8) is 0 Å². The fraction of sp³-hybridized carbons (Fsp3) is 0.600. The molecule has 0 amide bonds. The van der Waals surface area contributed by atoms with Crippen LogP contribution in [0.15, 0.2) is 24.3 Å². The van der Waals surface area contributed by atoms with Gasteiger partial charge in [0.1, 0.15) is 5.75 Å². The van der Waals surface area contributed by atoms with Gasteiger partial charge >= 0.3 is 0 Å². The Kier molecular flexibility index (Phi) is 6.06. The van der Waals surface area contributed by atoms with Crippen LogP contribution in [-0.2, 0) is 6.42 Å². The summed E-state index contributed by atoms with van der Waals surface area (Å²) in [6.45, 7) is 7.79. The maximum Gasteiger partial charge on any atom is 0.118 e. The fourth-order valence-corrected chi connectivity index (χ4v) is 1.74. The van der Waals surface area contributed by atoms with Gasteiger partial charge in [-0.1, -0.05) is 32.9 Å². The minimum Gasteiger partial charge on any atom is -0.497 e. The lowest BCUT2D eigenvalue weighted by atomic mass is 10.0. The van der Waals surface area contributed by atoms with E-state index in [-0.39, 0.29) is 0 Å². The highest BCUT2D eigenvalue weighted by Crippen LogP contribution is 2.14. The molecular formula is C15H25NO. The van der Waals surface area contributed by atoms with Crippen LogP contribution in [0.3, 0.4) is 0 Å². The third kappa shape index (κ3) is 5.73. The van der Waals surface area contributed by atoms with Crippen LogP contribution in [0.5, 0.6) is 5.75 Å². The average molecular weight is 235 g/mol. The molecule has 0 fully saturated rings. The van der Waals surface area contributed by atoms with Crippen LogP contribution in [0, 0.1) is 5.92 Å². The molecule has 2 nitrogen and oxygen atoms in total. The Hall–Kier alpha value is -1.02. The molecule has 0 aliphatic rings. The van der Waals surface area contributed by atoms with Gasteiger partial charge in [0, 0.05) is 6.04 Å². The van der Waals surface area contributed by atoms with Crippen molar-refractivity contribution in [3.8, 4) is 5.75 Å². The Morgan fingerprint density at radius 2 is 1.76 bits per heavy atom. The third-order valence-corrected chi connectivity index (χ3v) is 2.96. The summed E-state index contributed by atoms with van der Waals surface area (Å²) in [4.78, 5) is 0. The van der Waals surface area contributed by atoms with E-state index in [4.69, 9.17) is 4.74 Å². The van der Waals surface area contributed by atoms with E-state index >= 15 is 0 Å². The van der Waals surface area contributed by atoms with Crippen molar-refractivity contribution in [2.45, 2.75) is 39.7 Å². The summed E-state index contributed by atoms with van der Waals surface area (Å²) in [5, 5.41) is 3.48. The van der Waals surface area contributed by atoms with E-state index in [1.54, 1.807) is 7.11 Å². The van der Waals surface area contributed by atoms with E-state index < -0.39 is 0 Å². The summed E-state index contributed by atoms with van der Waals surface area (Å²) in [5.74, 6) is 1.66. The smallest absolute Gasteiger partial charge is 0.118 e. The Bertz CT molecular complexity index is 305. The molecule has 1 unspecified atom stereocenters. The number of nitrogens with one attached hydrogen (secondary N) is 1. The maximum atomic E-state index is 5.15. The van der Waals surface area contributed by atoms with Gasteiger partial charge in [-0.3, -0.25) is 0 Å². The van der Waals surface area contributed by atoms with Crippen LogP contribution >= 0.6 is 0 Å². The molecule has 0 aliphatic heterocycles. The van der Waals surface area contributed by atoms with Crippen LogP contribution in [0.4, 0.5) is 0 Å². The van der Waals surface area contributed by atoms with Crippen LogP contribution < -0.4 is 10.1 Å². The van der Waals surface area contributed by atoms with E-state index in [1.807, 2.05) is 12.1 Å². The fourth-order valence-electron chi connectivity index (χ4n) is 1.74. The molecule has 1 aromatic carbocycles. The Morgan fingerprint density at radius 3 is 2.29 bits per heavy atom. The lowest BCUT2D eigenvalue weighted by molar-refractivity contribution is 0.414. The van der Waals surface area contributed by atoms with Crippen molar-refractivity contribution >= 4 is 0 Å². The molecule has 2 heteroatoms. The summed E-state index contributed by atoms with van der Waals surface area (Å²) < 4.78 is 5.15. The number of ether oxygens (including phenoxy) is 1. The van der Waals surface area contributed by atoms with Gasteiger partial charge < -0.3 is 10.1 Å². The summed E-state index contributed by atoms with van der Waals surface area (Å²) >= 11 is 0. The molecule has 1 N–H and O–H groups in total. The first-order chi connectivity index (χ1) is 8.11. The molecule has 0 spiro atoms. The first-order valence-electron chi connectivity index (χ1n) is 6.48. The number of benzene rings is 1. The molecular weight excluding hydrogens is 210 g/mol. The van der Waals surface area contributed by atoms with Crippen LogP contribution in [-0.4, -0.2) is 19.7 Å². The Labute approximate surface area is 105 Å². The van der Waals surface area contributed by atoms with Gasteiger partial charge in [0.2, 0.25) is 0 Å². The van der Waals surface area contributed by atoms with Crippen molar-refractivity contribution in [1.82, 2.24) is 5.32 Å². The number of hydrogen-bond acceptors (Lipinski definition) is 2. The highest BCUT2D eigenvalue weighted by molar-refractivity contribution is 5.27. The molecule has 0 aliphatic carbocycles. The minimum absolute atomic E-state index is 0.582. The third-order valence-electron chi connectivity index (χ3n) is 2.96. The van der Waals surface area contributed by atoms with Gasteiger partial charge in [0.25, 0.3) is 0 Å². The van der Waals surface area contributed by atoms with E-state index in [9.17, 15) is 0 Å². The molecule has 1 atom stereocenters. The van der Waals surface area contributed by atoms with Crippen molar-refractivity contribution in [2.24, 2.45) is 5.92 Å². The van der Waals surface area contributed by atoms with E-state index in [2.05, 4.69) is 38.2 Å². The lowest BCUT2D eigenvalue weighted by Gasteiger charge is -2.14. The van der Waals surface area contributed by atoms with Crippen molar-refractivity contribution in [3.05, 3.63) is 29.8 Å². The largest absolute Gasteiger partial charge is 0.497 e. The average Bonchev–Trinajstić information content (AvgIpc) is 2.34. The van der Waals surface area contributed by atoms with Crippen molar-refractivity contribution in [1.29, 1.82) is 0 Å². The number of rotatable bonds is 7. The summed E-state index contributed by atoms with van der Waals surface area (Å²) in [5.41, 5.74) is 1.39. The second kappa shape index (κ2) is 7.33. The summed E-state index contributed by atoms with van der Waals surface area (Å²) in [7, 11) is 1.70. The highest BCUT2D eigenvalue weighted by atomic mass is 16.5. The molecule has 1 rings (SSSR count). The van der Waals surface area contributed by atoms with Gasteiger partial charge in [-0.25, -0.2) is 0 Å². The zero-order chi connectivity index (χ0) is 12.7. The van der Waals surface area contributed by atoms with E-state index in [1.165, 1.54) is 12.0 Å². The molecule has 0 bridgehead atoms. The molecule has 0 heterocycles. The van der Waals surface area contributed by atoms with Gasteiger partial charge in [0.15, 0.2) is 0 Å². The first kappa shape index (κ1) is 14.0. The molecule has 1 aromatic rings. The molecule has 0 saturated heterocycles. The predicted octanol–water partition coefficient (Wildman–Crippen LogP) is 3.26. The van der Waals surface area contributed by atoms with Gasteiger partial charge in [0.05, 0.1) is 7.11 Å². The van der Waals surface area contributed by atoms with Crippen LogP contribution in [0.2, 0.25) is 0 Å². The zero-order valence-electron chi connectivity index (χ0n) is 11.5. The van der Waals surface area contributed by atoms with Crippen LogP contribution in [0.25, 0.3) is 0 Å². The monoisotopic (exact) mass is 235 g/mol. The first-order valence-corrected chi connectivity index (χ1v) is 6.48. The molecule has 0 saturated carbocycles. The second-order valence-electron chi connectivity index (χ2n) is 5.05. The van der Waals surface area contributed by atoms with E-state index in [0.29, 0.717) is 6.04 Å². The lowest BCUT2D eigenvalue weighted by Crippen LogP contribution is -2.28. The maximum absolute atomic E-state index is 5.15. The topological polar surface area (TPSA) is 21.3 Å². The number of aryl methyl sites for hydroxylation is 1. The van der Waals surface area contributed by atoms with Crippen LogP contribution in [0.1, 0.15) is 32.8 Å². The standard InChI is InChI=1S/C15H25NO/c1-12(2)16-11-13(3)5-6-14-7-9-15(17-4)10-8-14/h7-10,12-13,16H,5-6,11H2,1-4H3. The SMILES string of the molecule is COc1ccc(CCC(C)CNC(C)C)cc1.